The van der Waals surface area contributed by atoms with E-state index in [1.54, 1.807) is 17.0 Å². The van der Waals surface area contributed by atoms with Crippen LogP contribution >= 0.6 is 0 Å². The highest BCUT2D eigenvalue weighted by molar-refractivity contribution is 7.89. The van der Waals surface area contributed by atoms with Gasteiger partial charge in [-0.1, -0.05) is 24.3 Å². The van der Waals surface area contributed by atoms with Crippen molar-refractivity contribution in [2.45, 2.75) is 44.0 Å². The second-order valence-electron chi connectivity index (χ2n) is 7.36. The number of sulfonamides is 1. The van der Waals surface area contributed by atoms with Gasteiger partial charge in [0.05, 0.1) is 4.90 Å². The van der Waals surface area contributed by atoms with Crippen molar-refractivity contribution in [1.82, 2.24) is 4.31 Å². The molecule has 7 heteroatoms. The molecular weight excluding hydrogens is 376 g/mol. The van der Waals surface area contributed by atoms with Crippen LogP contribution in [0.15, 0.2) is 47.4 Å². The van der Waals surface area contributed by atoms with Crippen molar-refractivity contribution in [2.24, 2.45) is 0 Å². The third-order valence-corrected chi connectivity index (χ3v) is 7.46. The third kappa shape index (κ3) is 2.90. The van der Waals surface area contributed by atoms with Crippen LogP contribution in [0.25, 0.3) is 0 Å². The molecule has 1 saturated heterocycles. The predicted octanol–water partition coefficient (Wildman–Crippen LogP) is 2.57. The molecule has 0 spiro atoms. The number of carbonyl (C=O) groups excluding carboxylic acids is 2. The van der Waals surface area contributed by atoms with Crippen molar-refractivity contribution in [2.75, 3.05) is 11.4 Å². The maximum Gasteiger partial charge on any atom is 0.267 e. The number of aryl methyl sites for hydroxylation is 2. The molecule has 2 amide bonds. The molecule has 2 heterocycles. The molecule has 4 rings (SSSR count). The van der Waals surface area contributed by atoms with E-state index in [-0.39, 0.29) is 23.6 Å². The zero-order valence-electron chi connectivity index (χ0n) is 15.9. The van der Waals surface area contributed by atoms with Crippen LogP contribution < -0.4 is 4.90 Å². The van der Waals surface area contributed by atoms with Crippen LogP contribution in [-0.2, 0) is 26.0 Å². The van der Waals surface area contributed by atoms with Gasteiger partial charge in [-0.15, -0.1) is 0 Å². The number of hydrogen-bond donors (Lipinski definition) is 0. The molecule has 0 N–H and O–H groups in total. The van der Waals surface area contributed by atoms with Crippen molar-refractivity contribution in [3.05, 3.63) is 59.2 Å². The summed E-state index contributed by atoms with van der Waals surface area (Å²) < 4.78 is 27.2. The molecule has 28 heavy (non-hydrogen) atoms. The fourth-order valence-electron chi connectivity index (χ4n) is 3.92. The van der Waals surface area contributed by atoms with E-state index in [2.05, 4.69) is 0 Å². The number of rotatable bonds is 3. The summed E-state index contributed by atoms with van der Waals surface area (Å²) in [4.78, 5) is 27.4. The van der Waals surface area contributed by atoms with Gasteiger partial charge in [-0.2, -0.15) is 0 Å². The lowest BCUT2D eigenvalue weighted by Gasteiger charge is -2.28. The highest BCUT2D eigenvalue weighted by Gasteiger charge is 2.46. The van der Waals surface area contributed by atoms with Gasteiger partial charge in [-0.3, -0.25) is 9.59 Å². The molecule has 0 bridgehead atoms. The first kappa shape index (κ1) is 18.7. The Kier molecular flexibility index (Phi) is 4.50. The maximum absolute atomic E-state index is 13.2. The molecule has 1 fully saturated rings. The van der Waals surface area contributed by atoms with Crippen LogP contribution in [0.4, 0.5) is 5.69 Å². The Hall–Kier alpha value is -2.67. The first-order valence-corrected chi connectivity index (χ1v) is 10.8. The topological polar surface area (TPSA) is 74.8 Å². The number of carbonyl (C=O) groups is 2. The minimum Gasteiger partial charge on any atom is -0.310 e. The lowest BCUT2D eigenvalue weighted by atomic mass is 10.1. The average Bonchev–Trinajstić information content (AvgIpc) is 3.27. The maximum atomic E-state index is 13.2. The number of nitrogens with zero attached hydrogens (tertiary/aromatic N) is 2. The van der Waals surface area contributed by atoms with Crippen molar-refractivity contribution in [1.29, 1.82) is 0 Å². The van der Waals surface area contributed by atoms with Crippen LogP contribution in [-0.4, -0.2) is 37.1 Å². The summed E-state index contributed by atoms with van der Waals surface area (Å²) in [6.07, 6.45) is 0.989. The largest absolute Gasteiger partial charge is 0.310 e. The first-order chi connectivity index (χ1) is 13.3. The first-order valence-electron chi connectivity index (χ1n) is 9.34. The van der Waals surface area contributed by atoms with Gasteiger partial charge in [0.15, 0.2) is 0 Å². The Morgan fingerprint density at radius 3 is 2.54 bits per heavy atom. The molecule has 146 valence electrons. The lowest BCUT2D eigenvalue weighted by Crippen LogP contribution is -2.48. The van der Waals surface area contributed by atoms with E-state index in [9.17, 15) is 18.0 Å². The fraction of sp³-hybridized carbons (Fsp3) is 0.333. The molecule has 0 aromatic heterocycles. The summed E-state index contributed by atoms with van der Waals surface area (Å²) in [5.74, 6) is -0.854. The molecule has 2 aliphatic rings. The molecule has 2 aromatic carbocycles. The molecular formula is C21H22N2O4S. The van der Waals surface area contributed by atoms with E-state index >= 15 is 0 Å². The number of benzene rings is 2. The molecule has 2 aromatic rings. The number of hydrogen-bond acceptors (Lipinski definition) is 4. The zero-order chi connectivity index (χ0) is 20.1. The Balaban J connectivity index is 1.69. The minimum absolute atomic E-state index is 0.0467. The molecule has 2 aliphatic heterocycles. The van der Waals surface area contributed by atoms with Crippen LogP contribution in [0.1, 0.15) is 29.5 Å². The summed E-state index contributed by atoms with van der Waals surface area (Å²) in [6.45, 7) is 4.22. The number of para-hydroxylation sites is 1. The molecule has 0 radical (unpaired) electrons. The van der Waals surface area contributed by atoms with E-state index in [0.717, 1.165) is 33.1 Å². The Morgan fingerprint density at radius 2 is 1.79 bits per heavy atom. The van der Waals surface area contributed by atoms with Gasteiger partial charge in [-0.05, 0) is 61.6 Å². The van der Waals surface area contributed by atoms with Crippen LogP contribution in [0.3, 0.4) is 0 Å². The molecule has 0 aliphatic carbocycles. The van der Waals surface area contributed by atoms with Crippen LogP contribution in [0, 0.1) is 13.8 Å². The second kappa shape index (κ2) is 6.74. The van der Waals surface area contributed by atoms with Crippen LogP contribution in [0.5, 0.6) is 0 Å². The molecule has 1 atom stereocenters. The lowest BCUT2D eigenvalue weighted by molar-refractivity contribution is -0.129. The second-order valence-corrected chi connectivity index (χ2v) is 9.18. The highest BCUT2D eigenvalue weighted by Crippen LogP contribution is 2.33. The summed E-state index contributed by atoms with van der Waals surface area (Å²) in [5.41, 5.74) is 3.65. The highest BCUT2D eigenvalue weighted by atomic mass is 32.2. The van der Waals surface area contributed by atoms with Crippen molar-refractivity contribution in [3.63, 3.8) is 0 Å². The quantitative estimate of drug-likeness (QED) is 0.796. The van der Waals surface area contributed by atoms with Crippen molar-refractivity contribution in [3.8, 4) is 0 Å². The van der Waals surface area contributed by atoms with Crippen LogP contribution in [0.2, 0.25) is 0 Å². The van der Waals surface area contributed by atoms with Gasteiger partial charge in [0.25, 0.3) is 15.9 Å². The molecule has 6 nitrogen and oxygen atoms in total. The Bertz CT molecular complexity index is 1080. The van der Waals surface area contributed by atoms with Gasteiger partial charge in [0, 0.05) is 18.7 Å². The van der Waals surface area contributed by atoms with Crippen molar-refractivity contribution >= 4 is 27.5 Å². The van der Waals surface area contributed by atoms with Gasteiger partial charge in [0.1, 0.15) is 6.04 Å². The summed E-state index contributed by atoms with van der Waals surface area (Å²) >= 11 is 0. The van der Waals surface area contributed by atoms with E-state index in [1.807, 2.05) is 38.1 Å². The third-order valence-electron chi connectivity index (χ3n) is 5.63. The van der Waals surface area contributed by atoms with Gasteiger partial charge < -0.3 is 4.90 Å². The standard InChI is InChI=1S/C21H22N2O4S/c1-14-7-8-17(13-15(14)2)28(26,27)23-19(9-10-20(23)24)21(25)22-12-11-16-5-3-4-6-18(16)22/h3-8,13,19H,9-12H2,1-2H3/t19-/m1/s1. The summed E-state index contributed by atoms with van der Waals surface area (Å²) in [5, 5.41) is 0. The van der Waals surface area contributed by atoms with Gasteiger partial charge in [-0.25, -0.2) is 12.7 Å². The van der Waals surface area contributed by atoms with E-state index in [1.165, 1.54) is 6.07 Å². The van der Waals surface area contributed by atoms with E-state index in [4.69, 9.17) is 0 Å². The van der Waals surface area contributed by atoms with Crippen molar-refractivity contribution < 1.29 is 18.0 Å². The Morgan fingerprint density at radius 1 is 1.04 bits per heavy atom. The summed E-state index contributed by atoms with van der Waals surface area (Å²) in [7, 11) is -4.09. The predicted molar refractivity (Wildman–Crippen MR) is 105 cm³/mol. The SMILES string of the molecule is Cc1ccc(S(=O)(=O)N2C(=O)CC[C@@H]2C(=O)N2CCc3ccccc32)cc1C. The number of anilines is 1. The average molecular weight is 398 g/mol. The minimum atomic E-state index is -4.09. The number of amides is 2. The fourth-order valence-corrected chi connectivity index (χ4v) is 5.60. The normalized spacial score (nSPS) is 19.2. The van der Waals surface area contributed by atoms with Gasteiger partial charge in [0.2, 0.25) is 5.91 Å². The smallest absolute Gasteiger partial charge is 0.267 e. The zero-order valence-corrected chi connectivity index (χ0v) is 16.7. The molecule has 0 saturated carbocycles. The molecule has 0 unspecified atom stereocenters. The van der Waals surface area contributed by atoms with E-state index < -0.39 is 22.0 Å². The monoisotopic (exact) mass is 398 g/mol. The summed E-state index contributed by atoms with van der Waals surface area (Å²) in [6, 6.07) is 11.4. The number of fused-ring (bicyclic) bond motifs is 1. The van der Waals surface area contributed by atoms with Gasteiger partial charge >= 0.3 is 0 Å². The Labute approximate surface area is 164 Å². The van der Waals surface area contributed by atoms with E-state index in [0.29, 0.717) is 6.54 Å².